The average Bonchev–Trinajstić information content (AvgIpc) is 2.43. The van der Waals surface area contributed by atoms with Crippen molar-refractivity contribution in [3.05, 3.63) is 11.8 Å². The molecule has 3 heteroatoms. The second-order valence-corrected chi connectivity index (χ2v) is 7.86. The zero-order chi connectivity index (χ0) is 15.0. The monoisotopic (exact) mass is 294 g/mol. The summed E-state index contributed by atoms with van der Waals surface area (Å²) in [6.07, 6.45) is 9.56. The lowest BCUT2D eigenvalue weighted by Gasteiger charge is -2.55. The van der Waals surface area contributed by atoms with E-state index in [0.29, 0.717) is 12.8 Å². The van der Waals surface area contributed by atoms with Crippen LogP contribution in [0.2, 0.25) is 0 Å². The SMILES string of the molecule is CC(CCCF)/C(O)=C/C(=O)C12CC3CC(CC(C3)C1)C2. The van der Waals surface area contributed by atoms with Gasteiger partial charge >= 0.3 is 0 Å². The number of halogens is 1. The summed E-state index contributed by atoms with van der Waals surface area (Å²) in [5.41, 5.74) is -0.178. The van der Waals surface area contributed by atoms with Crippen LogP contribution in [0.25, 0.3) is 0 Å². The van der Waals surface area contributed by atoms with Crippen LogP contribution in [-0.2, 0) is 4.79 Å². The summed E-state index contributed by atoms with van der Waals surface area (Å²) in [5.74, 6) is 2.40. The van der Waals surface area contributed by atoms with Gasteiger partial charge in [-0.3, -0.25) is 9.18 Å². The van der Waals surface area contributed by atoms with Gasteiger partial charge in [0.1, 0.15) is 0 Å². The highest BCUT2D eigenvalue weighted by Gasteiger charge is 2.53. The molecule has 4 saturated carbocycles. The highest BCUT2D eigenvalue weighted by molar-refractivity contribution is 5.95. The van der Waals surface area contributed by atoms with Gasteiger partial charge in [-0.2, -0.15) is 0 Å². The van der Waals surface area contributed by atoms with Crippen LogP contribution in [0.4, 0.5) is 4.39 Å². The third-order valence-corrected chi connectivity index (χ3v) is 6.12. The van der Waals surface area contributed by atoms with Gasteiger partial charge in [0.15, 0.2) is 5.78 Å². The fourth-order valence-corrected chi connectivity index (χ4v) is 5.37. The van der Waals surface area contributed by atoms with E-state index in [4.69, 9.17) is 0 Å². The first-order chi connectivity index (χ1) is 10.0. The van der Waals surface area contributed by atoms with Crippen LogP contribution in [0, 0.1) is 29.1 Å². The average molecular weight is 294 g/mol. The van der Waals surface area contributed by atoms with E-state index >= 15 is 0 Å². The van der Waals surface area contributed by atoms with E-state index in [1.54, 1.807) is 0 Å². The summed E-state index contributed by atoms with van der Waals surface area (Å²) in [6.45, 7) is 1.51. The lowest BCUT2D eigenvalue weighted by molar-refractivity contribution is -0.138. The van der Waals surface area contributed by atoms with E-state index in [-0.39, 0.29) is 29.5 Å². The second kappa shape index (κ2) is 5.73. The predicted molar refractivity (Wildman–Crippen MR) is 80.7 cm³/mol. The van der Waals surface area contributed by atoms with E-state index in [2.05, 4.69) is 0 Å². The number of hydrogen-bond donors (Lipinski definition) is 1. The molecule has 1 N–H and O–H groups in total. The molecule has 0 aliphatic heterocycles. The van der Waals surface area contributed by atoms with Crippen LogP contribution in [0.5, 0.6) is 0 Å². The molecule has 0 radical (unpaired) electrons. The van der Waals surface area contributed by atoms with Crippen LogP contribution in [0.3, 0.4) is 0 Å². The molecule has 4 aliphatic rings. The minimum Gasteiger partial charge on any atom is -0.512 e. The van der Waals surface area contributed by atoms with Gasteiger partial charge in [0, 0.05) is 17.4 Å². The standard InChI is InChI=1S/C18H27FO2/c1-12(3-2-4-19)16(20)8-17(21)18-9-13-5-14(10-18)7-15(6-13)11-18/h8,12-15,20H,2-7,9-11H2,1H3/b16-8-. The Morgan fingerprint density at radius 1 is 1.24 bits per heavy atom. The summed E-state index contributed by atoms with van der Waals surface area (Å²) < 4.78 is 12.2. The van der Waals surface area contributed by atoms with Crippen LogP contribution >= 0.6 is 0 Å². The minimum absolute atomic E-state index is 0.112. The molecule has 4 fully saturated rings. The number of aliphatic hydroxyl groups is 1. The fraction of sp³-hybridized carbons (Fsp3) is 0.833. The van der Waals surface area contributed by atoms with Crippen molar-refractivity contribution >= 4 is 5.78 Å². The van der Waals surface area contributed by atoms with Gasteiger partial charge in [0.25, 0.3) is 0 Å². The Morgan fingerprint density at radius 2 is 1.76 bits per heavy atom. The Kier molecular flexibility index (Phi) is 4.11. The normalized spacial score (nSPS) is 39.5. The maximum absolute atomic E-state index is 12.8. The Labute approximate surface area is 126 Å². The van der Waals surface area contributed by atoms with Gasteiger partial charge in [-0.15, -0.1) is 0 Å². The molecule has 0 heterocycles. The number of ketones is 1. The van der Waals surface area contributed by atoms with E-state index in [1.165, 1.54) is 25.3 Å². The first-order valence-corrected chi connectivity index (χ1v) is 8.53. The van der Waals surface area contributed by atoms with Crippen molar-refractivity contribution in [1.82, 2.24) is 0 Å². The Morgan fingerprint density at radius 3 is 2.24 bits per heavy atom. The van der Waals surface area contributed by atoms with Gasteiger partial charge in [0.05, 0.1) is 12.4 Å². The van der Waals surface area contributed by atoms with Gasteiger partial charge in [-0.25, -0.2) is 0 Å². The van der Waals surface area contributed by atoms with E-state index < -0.39 is 0 Å². The molecule has 1 atom stereocenters. The Bertz CT molecular complexity index is 405. The summed E-state index contributed by atoms with van der Waals surface area (Å²) in [6, 6.07) is 0. The molecule has 0 aromatic heterocycles. The highest BCUT2D eigenvalue weighted by atomic mass is 19.1. The zero-order valence-corrected chi connectivity index (χ0v) is 13.0. The smallest absolute Gasteiger partial charge is 0.165 e. The van der Waals surface area contributed by atoms with Crippen molar-refractivity contribution < 1.29 is 14.3 Å². The largest absolute Gasteiger partial charge is 0.512 e. The molecule has 2 nitrogen and oxygen atoms in total. The predicted octanol–water partition coefficient (Wildman–Crippen LogP) is 4.60. The fourth-order valence-electron chi connectivity index (χ4n) is 5.37. The molecule has 21 heavy (non-hydrogen) atoms. The molecule has 4 bridgehead atoms. The molecule has 0 aromatic carbocycles. The maximum Gasteiger partial charge on any atom is 0.165 e. The van der Waals surface area contributed by atoms with Crippen LogP contribution in [0.15, 0.2) is 11.8 Å². The highest BCUT2D eigenvalue weighted by Crippen LogP contribution is 2.60. The minimum atomic E-state index is -0.361. The van der Waals surface area contributed by atoms with Crippen LogP contribution in [0.1, 0.15) is 58.3 Å². The third kappa shape index (κ3) is 2.89. The third-order valence-electron chi connectivity index (χ3n) is 6.12. The van der Waals surface area contributed by atoms with E-state index in [0.717, 1.165) is 37.0 Å². The number of rotatable bonds is 6. The number of allylic oxidation sites excluding steroid dienone is 2. The summed E-state index contributed by atoms with van der Waals surface area (Å²) in [4.78, 5) is 12.8. The first-order valence-electron chi connectivity index (χ1n) is 8.53. The first kappa shape index (κ1) is 15.1. The zero-order valence-electron chi connectivity index (χ0n) is 13.0. The molecular weight excluding hydrogens is 267 g/mol. The Hall–Kier alpha value is -0.860. The van der Waals surface area contributed by atoms with Crippen molar-refractivity contribution in [2.24, 2.45) is 29.1 Å². The molecule has 118 valence electrons. The molecular formula is C18H27FO2. The van der Waals surface area contributed by atoms with Gasteiger partial charge in [-0.1, -0.05) is 6.92 Å². The summed E-state index contributed by atoms with van der Waals surface area (Å²) in [7, 11) is 0. The molecule has 4 rings (SSSR count). The van der Waals surface area contributed by atoms with Crippen LogP contribution < -0.4 is 0 Å². The second-order valence-electron chi connectivity index (χ2n) is 7.86. The maximum atomic E-state index is 12.8. The van der Waals surface area contributed by atoms with Crippen LogP contribution in [-0.4, -0.2) is 17.6 Å². The lowest BCUT2D eigenvalue weighted by atomic mass is 9.48. The van der Waals surface area contributed by atoms with Crippen molar-refractivity contribution in [3.8, 4) is 0 Å². The topological polar surface area (TPSA) is 37.3 Å². The molecule has 1 unspecified atom stereocenters. The number of carbonyl (C=O) groups is 1. The molecule has 4 aliphatic carbocycles. The van der Waals surface area contributed by atoms with Gasteiger partial charge in [-0.05, 0) is 69.1 Å². The quantitative estimate of drug-likeness (QED) is 0.574. The van der Waals surface area contributed by atoms with Gasteiger partial charge < -0.3 is 5.11 Å². The van der Waals surface area contributed by atoms with Crippen molar-refractivity contribution in [3.63, 3.8) is 0 Å². The summed E-state index contributed by atoms with van der Waals surface area (Å²) in [5, 5.41) is 10.1. The van der Waals surface area contributed by atoms with E-state index in [9.17, 15) is 14.3 Å². The number of carbonyl (C=O) groups excluding carboxylic acids is 1. The molecule has 0 spiro atoms. The summed E-state index contributed by atoms with van der Waals surface area (Å²) >= 11 is 0. The number of alkyl halides is 1. The van der Waals surface area contributed by atoms with Gasteiger partial charge in [0.2, 0.25) is 0 Å². The molecule has 0 aromatic rings. The Balaban J connectivity index is 1.70. The molecule has 0 amide bonds. The van der Waals surface area contributed by atoms with Crippen molar-refractivity contribution in [2.45, 2.75) is 58.3 Å². The molecule has 0 saturated heterocycles. The lowest BCUT2D eigenvalue weighted by Crippen LogP contribution is -2.49. The van der Waals surface area contributed by atoms with Crippen molar-refractivity contribution in [1.29, 1.82) is 0 Å². The van der Waals surface area contributed by atoms with E-state index in [1.807, 2.05) is 6.92 Å². The number of aliphatic hydroxyl groups excluding tert-OH is 1. The number of hydrogen-bond acceptors (Lipinski definition) is 2. The van der Waals surface area contributed by atoms with Crippen molar-refractivity contribution in [2.75, 3.05) is 6.67 Å².